The van der Waals surface area contributed by atoms with Crippen molar-refractivity contribution < 1.29 is 13.2 Å². The molecular formula is C15H17F2N5O. The summed E-state index contributed by atoms with van der Waals surface area (Å²) in [5, 5.41) is 13.8. The molecule has 23 heavy (non-hydrogen) atoms. The van der Waals surface area contributed by atoms with Crippen LogP contribution in [0.1, 0.15) is 36.9 Å². The van der Waals surface area contributed by atoms with Crippen LogP contribution in [0.25, 0.3) is 11.5 Å². The van der Waals surface area contributed by atoms with Crippen molar-refractivity contribution in [1.29, 1.82) is 0 Å². The van der Waals surface area contributed by atoms with Crippen LogP contribution in [0.15, 0.2) is 22.7 Å². The number of halogens is 2. The van der Waals surface area contributed by atoms with Crippen LogP contribution in [0.2, 0.25) is 0 Å². The lowest BCUT2D eigenvalue weighted by atomic mass is 9.66. The van der Waals surface area contributed by atoms with Gasteiger partial charge in [-0.05, 0) is 38.1 Å². The summed E-state index contributed by atoms with van der Waals surface area (Å²) in [4.78, 5) is 4.48. The molecule has 2 aromatic heterocycles. The van der Waals surface area contributed by atoms with E-state index in [1.807, 2.05) is 6.07 Å². The number of pyridine rings is 1. The maximum Gasteiger partial charge on any atom is 0.314 e. The van der Waals surface area contributed by atoms with Crippen LogP contribution in [-0.2, 0) is 0 Å². The summed E-state index contributed by atoms with van der Waals surface area (Å²) in [6.07, 6.45) is 1.11. The molecule has 0 radical (unpaired) electrons. The average Bonchev–Trinajstić information content (AvgIpc) is 3.06. The molecule has 122 valence electrons. The molecule has 0 bridgehead atoms. The minimum Gasteiger partial charge on any atom is -0.415 e. The summed E-state index contributed by atoms with van der Waals surface area (Å²) in [6, 6.07) is 3.94. The van der Waals surface area contributed by atoms with Crippen molar-refractivity contribution in [2.24, 2.45) is 5.41 Å². The fourth-order valence-corrected chi connectivity index (χ4v) is 3.44. The van der Waals surface area contributed by atoms with E-state index in [0.29, 0.717) is 5.56 Å². The van der Waals surface area contributed by atoms with Gasteiger partial charge in [-0.2, -0.15) is 8.78 Å². The smallest absolute Gasteiger partial charge is 0.314 e. The Hall–Kier alpha value is -1.93. The molecule has 4 heterocycles. The van der Waals surface area contributed by atoms with Crippen molar-refractivity contribution in [2.75, 3.05) is 19.6 Å². The summed E-state index contributed by atoms with van der Waals surface area (Å²) >= 11 is 0. The van der Waals surface area contributed by atoms with E-state index in [0.717, 1.165) is 38.2 Å². The topological polar surface area (TPSA) is 75.9 Å². The van der Waals surface area contributed by atoms with Crippen LogP contribution < -0.4 is 10.6 Å². The Morgan fingerprint density at radius 1 is 1.22 bits per heavy atom. The van der Waals surface area contributed by atoms with Gasteiger partial charge in [0.15, 0.2) is 0 Å². The Bertz CT molecular complexity index is 681. The number of nitrogens with zero attached hydrogens (tertiary/aromatic N) is 3. The van der Waals surface area contributed by atoms with Crippen molar-refractivity contribution >= 4 is 0 Å². The largest absolute Gasteiger partial charge is 0.415 e. The summed E-state index contributed by atoms with van der Waals surface area (Å²) < 4.78 is 29.9. The number of hydrogen-bond donors (Lipinski definition) is 2. The van der Waals surface area contributed by atoms with Crippen molar-refractivity contribution in [1.82, 2.24) is 25.8 Å². The first-order valence-corrected chi connectivity index (χ1v) is 7.70. The normalized spacial score (nSPS) is 23.2. The van der Waals surface area contributed by atoms with Gasteiger partial charge in [0.25, 0.3) is 5.89 Å². The molecule has 6 nitrogen and oxygen atoms in total. The molecule has 0 aliphatic carbocycles. The number of alkyl halides is 2. The lowest BCUT2D eigenvalue weighted by Crippen LogP contribution is -2.60. The van der Waals surface area contributed by atoms with Gasteiger partial charge in [0.2, 0.25) is 5.89 Å². The van der Waals surface area contributed by atoms with Crippen LogP contribution >= 0.6 is 0 Å². The van der Waals surface area contributed by atoms with Gasteiger partial charge in [-0.15, -0.1) is 10.2 Å². The SMILES string of the molecule is FC(F)c1nnc(-c2ccc(C3NCC34CCNCC4)nc2)o1. The van der Waals surface area contributed by atoms with Gasteiger partial charge in [0.05, 0.1) is 17.3 Å². The van der Waals surface area contributed by atoms with E-state index in [4.69, 9.17) is 4.42 Å². The van der Waals surface area contributed by atoms with Gasteiger partial charge >= 0.3 is 6.43 Å². The number of aromatic nitrogens is 3. The van der Waals surface area contributed by atoms with Gasteiger partial charge < -0.3 is 15.1 Å². The highest BCUT2D eigenvalue weighted by Crippen LogP contribution is 2.47. The molecular weight excluding hydrogens is 304 g/mol. The summed E-state index contributed by atoms with van der Waals surface area (Å²) in [5.74, 6) is -0.601. The van der Waals surface area contributed by atoms with Gasteiger partial charge in [-0.25, -0.2) is 0 Å². The van der Waals surface area contributed by atoms with Crippen molar-refractivity contribution in [3.05, 3.63) is 29.9 Å². The number of nitrogens with one attached hydrogen (secondary N) is 2. The minimum atomic E-state index is -2.76. The Labute approximate surface area is 131 Å². The molecule has 8 heteroatoms. The molecule has 0 saturated carbocycles. The molecule has 2 fully saturated rings. The van der Waals surface area contributed by atoms with E-state index in [9.17, 15) is 8.78 Å². The summed E-state index contributed by atoms with van der Waals surface area (Å²) in [6.45, 7) is 3.09. The van der Waals surface area contributed by atoms with Crippen LogP contribution in [0.5, 0.6) is 0 Å². The first-order chi connectivity index (χ1) is 11.2. The minimum absolute atomic E-state index is 0.0671. The zero-order valence-electron chi connectivity index (χ0n) is 12.4. The van der Waals surface area contributed by atoms with Gasteiger partial charge in [-0.1, -0.05) is 0 Å². The Balaban J connectivity index is 1.53. The molecule has 0 aromatic carbocycles. The van der Waals surface area contributed by atoms with Gasteiger partial charge in [0, 0.05) is 18.2 Å². The monoisotopic (exact) mass is 321 g/mol. The van der Waals surface area contributed by atoms with Gasteiger partial charge in [0.1, 0.15) is 0 Å². The Kier molecular flexibility index (Phi) is 3.57. The second-order valence-electron chi connectivity index (χ2n) is 6.14. The number of hydrogen-bond acceptors (Lipinski definition) is 6. The Morgan fingerprint density at radius 2 is 2.04 bits per heavy atom. The number of rotatable bonds is 3. The predicted octanol–water partition coefficient (Wildman–Crippen LogP) is 2.08. The average molecular weight is 321 g/mol. The molecule has 2 saturated heterocycles. The van der Waals surface area contributed by atoms with Crippen molar-refractivity contribution in [3.63, 3.8) is 0 Å². The lowest BCUT2D eigenvalue weighted by Gasteiger charge is -2.52. The molecule has 1 spiro atoms. The highest BCUT2D eigenvalue weighted by molar-refractivity contribution is 5.51. The standard InChI is InChI=1S/C15H17F2N5O/c16-12(17)14-22-21-13(23-14)9-1-2-10(19-7-9)11-15(8-20-11)3-5-18-6-4-15/h1-2,7,11-12,18,20H,3-6,8H2. The van der Waals surface area contributed by atoms with Crippen molar-refractivity contribution in [2.45, 2.75) is 25.3 Å². The third-order valence-electron chi connectivity index (χ3n) is 4.83. The summed E-state index contributed by atoms with van der Waals surface area (Å²) in [5.41, 5.74) is 1.80. The first kappa shape index (κ1) is 14.6. The highest BCUT2D eigenvalue weighted by Gasteiger charge is 2.48. The molecule has 2 N–H and O–H groups in total. The summed E-state index contributed by atoms with van der Waals surface area (Å²) in [7, 11) is 0. The van der Waals surface area contributed by atoms with Crippen LogP contribution in [0.3, 0.4) is 0 Å². The lowest BCUT2D eigenvalue weighted by molar-refractivity contribution is 0.0411. The quantitative estimate of drug-likeness (QED) is 0.901. The van der Waals surface area contributed by atoms with Crippen LogP contribution in [-0.4, -0.2) is 34.8 Å². The fourth-order valence-electron chi connectivity index (χ4n) is 3.44. The van der Waals surface area contributed by atoms with E-state index in [-0.39, 0.29) is 17.3 Å². The maximum atomic E-state index is 12.5. The fraction of sp³-hybridized carbons (Fsp3) is 0.533. The molecule has 2 aliphatic rings. The molecule has 1 atom stereocenters. The second-order valence-corrected chi connectivity index (χ2v) is 6.14. The molecule has 1 unspecified atom stereocenters. The van der Waals surface area contributed by atoms with Crippen molar-refractivity contribution in [3.8, 4) is 11.5 Å². The van der Waals surface area contributed by atoms with E-state index < -0.39 is 12.3 Å². The van der Waals surface area contributed by atoms with E-state index >= 15 is 0 Å². The number of piperidine rings is 1. The predicted molar refractivity (Wildman–Crippen MR) is 77.8 cm³/mol. The van der Waals surface area contributed by atoms with Crippen LogP contribution in [0.4, 0.5) is 8.78 Å². The molecule has 2 aliphatic heterocycles. The van der Waals surface area contributed by atoms with Crippen LogP contribution in [0, 0.1) is 5.41 Å². The van der Waals surface area contributed by atoms with E-state index in [2.05, 4.69) is 25.8 Å². The third kappa shape index (κ3) is 2.51. The van der Waals surface area contributed by atoms with Gasteiger partial charge in [-0.3, -0.25) is 4.98 Å². The highest BCUT2D eigenvalue weighted by atomic mass is 19.3. The molecule has 0 amide bonds. The Morgan fingerprint density at radius 3 is 2.61 bits per heavy atom. The third-order valence-corrected chi connectivity index (χ3v) is 4.83. The zero-order chi connectivity index (χ0) is 15.9. The molecule has 2 aromatic rings. The molecule has 4 rings (SSSR count). The first-order valence-electron chi connectivity index (χ1n) is 7.70. The second kappa shape index (κ2) is 5.61. The van der Waals surface area contributed by atoms with E-state index in [1.165, 1.54) is 0 Å². The maximum absolute atomic E-state index is 12.5. The van der Waals surface area contributed by atoms with E-state index in [1.54, 1.807) is 12.3 Å². The zero-order valence-corrected chi connectivity index (χ0v) is 12.4.